The highest BCUT2D eigenvalue weighted by Crippen LogP contribution is 2.38. The predicted molar refractivity (Wildman–Crippen MR) is 74.5 cm³/mol. The van der Waals surface area contributed by atoms with Crippen molar-refractivity contribution in [2.24, 2.45) is 5.92 Å². The van der Waals surface area contributed by atoms with Gasteiger partial charge >= 0.3 is 0 Å². The lowest BCUT2D eigenvalue weighted by molar-refractivity contribution is 0.248. The minimum atomic E-state index is 0.512. The molecule has 1 aliphatic carbocycles. The van der Waals surface area contributed by atoms with Crippen molar-refractivity contribution in [2.45, 2.75) is 12.8 Å². The first-order chi connectivity index (χ1) is 8.78. The molecule has 0 aromatic carbocycles. The van der Waals surface area contributed by atoms with E-state index in [1.54, 1.807) is 7.11 Å². The lowest BCUT2D eigenvalue weighted by Crippen LogP contribution is -2.46. The third kappa shape index (κ3) is 2.40. The van der Waals surface area contributed by atoms with Gasteiger partial charge in [0.1, 0.15) is 0 Å². The quantitative estimate of drug-likeness (QED) is 0.891. The van der Waals surface area contributed by atoms with E-state index in [1.807, 2.05) is 0 Å². The lowest BCUT2D eigenvalue weighted by Gasteiger charge is -2.35. The van der Waals surface area contributed by atoms with Crippen molar-refractivity contribution in [3.63, 3.8) is 0 Å². The second-order valence-electron chi connectivity index (χ2n) is 5.14. The summed E-state index contributed by atoms with van der Waals surface area (Å²) in [7, 11) is 1.66. The zero-order valence-electron chi connectivity index (χ0n) is 10.8. The monoisotopic (exact) mass is 268 g/mol. The van der Waals surface area contributed by atoms with Gasteiger partial charge in [-0.05, 0) is 30.3 Å². The predicted octanol–water partition coefficient (Wildman–Crippen LogP) is 1.27. The molecule has 0 bridgehead atoms. The second kappa shape index (κ2) is 4.93. The fourth-order valence-electron chi connectivity index (χ4n) is 2.48. The molecule has 2 N–H and O–H groups in total. The fraction of sp³-hybridized carbons (Fsp3) is 0.750. The van der Waals surface area contributed by atoms with Crippen LogP contribution in [0.4, 0.5) is 10.8 Å². The Balaban J connectivity index is 1.60. The van der Waals surface area contributed by atoms with Gasteiger partial charge in [-0.2, -0.15) is 4.37 Å². The van der Waals surface area contributed by atoms with Gasteiger partial charge in [0.15, 0.2) is 16.6 Å². The molecule has 3 rings (SSSR count). The fourth-order valence-corrected chi connectivity index (χ4v) is 3.31. The number of piperazine rings is 1. The number of anilines is 2. The molecule has 0 amide bonds. The Labute approximate surface area is 112 Å². The van der Waals surface area contributed by atoms with Gasteiger partial charge in [-0.3, -0.25) is 4.90 Å². The number of nitrogens with zero attached hydrogens (tertiary/aromatic N) is 3. The Morgan fingerprint density at radius 1 is 1.33 bits per heavy atom. The lowest BCUT2D eigenvalue weighted by atomic mass is 10.3. The Morgan fingerprint density at radius 2 is 2.06 bits per heavy atom. The molecule has 1 aromatic heterocycles. The van der Waals surface area contributed by atoms with E-state index >= 15 is 0 Å². The maximum Gasteiger partial charge on any atom is 0.197 e. The second-order valence-corrected chi connectivity index (χ2v) is 5.89. The Morgan fingerprint density at radius 3 is 2.67 bits per heavy atom. The first-order valence-electron chi connectivity index (χ1n) is 6.54. The van der Waals surface area contributed by atoms with Crippen LogP contribution in [0.2, 0.25) is 0 Å². The van der Waals surface area contributed by atoms with E-state index in [4.69, 9.17) is 10.5 Å². The van der Waals surface area contributed by atoms with Gasteiger partial charge in [0.05, 0.1) is 7.11 Å². The molecule has 2 aliphatic rings. The van der Waals surface area contributed by atoms with Crippen molar-refractivity contribution in [3.05, 3.63) is 0 Å². The van der Waals surface area contributed by atoms with E-state index in [9.17, 15) is 0 Å². The van der Waals surface area contributed by atoms with Gasteiger partial charge in [-0.25, -0.2) is 0 Å². The number of hydrogen-bond donors (Lipinski definition) is 1. The highest BCUT2D eigenvalue weighted by Gasteiger charge is 2.28. The molecule has 1 saturated carbocycles. The van der Waals surface area contributed by atoms with Gasteiger partial charge in [0, 0.05) is 32.7 Å². The maximum atomic E-state index is 5.80. The van der Waals surface area contributed by atoms with Crippen LogP contribution in [0, 0.1) is 5.92 Å². The van der Waals surface area contributed by atoms with Crippen LogP contribution in [0.3, 0.4) is 0 Å². The molecule has 2 fully saturated rings. The average molecular weight is 268 g/mol. The molecule has 0 atom stereocenters. The summed E-state index contributed by atoms with van der Waals surface area (Å²) in [6.07, 6.45) is 2.86. The molecule has 0 spiro atoms. The highest BCUT2D eigenvalue weighted by molar-refractivity contribution is 7.11. The molecule has 1 aliphatic heterocycles. The van der Waals surface area contributed by atoms with Gasteiger partial charge in [-0.1, -0.05) is 0 Å². The number of nitrogen functional groups attached to an aromatic ring is 1. The summed E-state index contributed by atoms with van der Waals surface area (Å²) in [6, 6.07) is 0. The molecule has 2 heterocycles. The topological polar surface area (TPSA) is 54.6 Å². The van der Waals surface area contributed by atoms with Crippen LogP contribution >= 0.6 is 11.5 Å². The molecule has 0 radical (unpaired) electrons. The van der Waals surface area contributed by atoms with Crippen LogP contribution in [-0.4, -0.2) is 49.1 Å². The summed E-state index contributed by atoms with van der Waals surface area (Å²) in [4.78, 5) is 4.92. The third-order valence-corrected chi connectivity index (χ3v) is 4.64. The number of hydrogen-bond acceptors (Lipinski definition) is 6. The molecular weight excluding hydrogens is 248 g/mol. The number of methoxy groups -OCH3 is 1. The van der Waals surface area contributed by atoms with E-state index < -0.39 is 0 Å². The molecule has 6 heteroatoms. The van der Waals surface area contributed by atoms with Crippen LogP contribution in [0.5, 0.6) is 5.75 Å². The summed E-state index contributed by atoms with van der Waals surface area (Å²) in [5.74, 6) is 2.23. The van der Waals surface area contributed by atoms with Crippen molar-refractivity contribution >= 4 is 22.4 Å². The van der Waals surface area contributed by atoms with Crippen LogP contribution in [0.15, 0.2) is 0 Å². The summed E-state index contributed by atoms with van der Waals surface area (Å²) in [6.45, 7) is 5.65. The first-order valence-corrected chi connectivity index (χ1v) is 7.31. The highest BCUT2D eigenvalue weighted by atomic mass is 32.1. The molecule has 1 saturated heterocycles. The van der Waals surface area contributed by atoms with Crippen LogP contribution < -0.4 is 15.4 Å². The number of aromatic nitrogens is 1. The number of rotatable bonds is 4. The third-order valence-electron chi connectivity index (χ3n) is 3.73. The molecule has 5 nitrogen and oxygen atoms in total. The zero-order chi connectivity index (χ0) is 12.5. The van der Waals surface area contributed by atoms with E-state index in [0.717, 1.165) is 42.8 Å². The summed E-state index contributed by atoms with van der Waals surface area (Å²) in [5, 5.41) is 1.08. The summed E-state index contributed by atoms with van der Waals surface area (Å²) >= 11 is 1.44. The molecule has 0 unspecified atom stereocenters. The van der Waals surface area contributed by atoms with Crippen molar-refractivity contribution in [1.29, 1.82) is 0 Å². The Bertz CT molecular complexity index is 410. The standard InChI is InChI=1S/C12H20N4OS/c1-17-10-11(13)14-18-12(10)16-6-4-15(5-7-16)8-9-2-3-9/h9H,2-8H2,1H3,(H2,13,14). The SMILES string of the molecule is COc1c(N)nsc1N1CCN(CC2CC2)CC1. The summed E-state index contributed by atoms with van der Waals surface area (Å²) < 4.78 is 9.52. The van der Waals surface area contributed by atoms with Crippen molar-refractivity contribution in [2.75, 3.05) is 50.5 Å². The van der Waals surface area contributed by atoms with Crippen molar-refractivity contribution < 1.29 is 4.74 Å². The van der Waals surface area contributed by atoms with E-state index in [2.05, 4.69) is 14.2 Å². The minimum Gasteiger partial charge on any atom is -0.490 e. The number of ether oxygens (including phenoxy) is 1. The molecule has 18 heavy (non-hydrogen) atoms. The van der Waals surface area contributed by atoms with E-state index in [-0.39, 0.29) is 0 Å². The van der Waals surface area contributed by atoms with Crippen LogP contribution in [0.1, 0.15) is 12.8 Å². The van der Waals surface area contributed by atoms with Gasteiger partial charge in [-0.15, -0.1) is 0 Å². The number of nitrogens with two attached hydrogens (primary N) is 1. The molecule has 100 valence electrons. The van der Waals surface area contributed by atoms with Gasteiger partial charge in [0.2, 0.25) is 0 Å². The summed E-state index contributed by atoms with van der Waals surface area (Å²) in [5.41, 5.74) is 5.80. The minimum absolute atomic E-state index is 0.512. The molecular formula is C12H20N4OS. The average Bonchev–Trinajstić information content (AvgIpc) is 3.12. The van der Waals surface area contributed by atoms with Crippen molar-refractivity contribution in [3.8, 4) is 5.75 Å². The van der Waals surface area contributed by atoms with Gasteiger partial charge < -0.3 is 15.4 Å². The van der Waals surface area contributed by atoms with Crippen molar-refractivity contribution in [1.82, 2.24) is 9.27 Å². The largest absolute Gasteiger partial charge is 0.490 e. The van der Waals surface area contributed by atoms with Gasteiger partial charge in [0.25, 0.3) is 0 Å². The van der Waals surface area contributed by atoms with Crippen LogP contribution in [0.25, 0.3) is 0 Å². The Hall–Kier alpha value is -1.01. The maximum absolute atomic E-state index is 5.80. The normalized spacial score (nSPS) is 21.3. The van der Waals surface area contributed by atoms with Crippen LogP contribution in [-0.2, 0) is 0 Å². The smallest absolute Gasteiger partial charge is 0.197 e. The Kier molecular flexibility index (Phi) is 3.30. The zero-order valence-corrected chi connectivity index (χ0v) is 11.6. The van der Waals surface area contributed by atoms with E-state index in [0.29, 0.717) is 5.82 Å². The first kappa shape index (κ1) is 12.0. The molecule has 1 aromatic rings. The van der Waals surface area contributed by atoms with E-state index in [1.165, 1.54) is 30.9 Å².